The third kappa shape index (κ3) is 4.16. The minimum absolute atomic E-state index is 0.0119. The van der Waals surface area contributed by atoms with E-state index in [9.17, 15) is 28.0 Å². The molecule has 6 rings (SSSR count). The highest BCUT2D eigenvalue weighted by Gasteiger charge is 2.78. The minimum atomic E-state index is -4.76. The summed E-state index contributed by atoms with van der Waals surface area (Å²) in [6.07, 6.45) is -5.43. The normalized spacial score (nSPS) is 35.6. The van der Waals surface area contributed by atoms with Crippen LogP contribution in [0.3, 0.4) is 0 Å². The number of nitriles is 1. The maximum atomic E-state index is 13.8. The van der Waals surface area contributed by atoms with Crippen molar-refractivity contribution in [2.24, 2.45) is 11.8 Å². The van der Waals surface area contributed by atoms with Crippen molar-refractivity contribution in [2.45, 2.75) is 49.4 Å². The summed E-state index contributed by atoms with van der Waals surface area (Å²) >= 11 is 0. The van der Waals surface area contributed by atoms with E-state index >= 15 is 0 Å². The number of benzene rings is 1. The first kappa shape index (κ1) is 26.3. The van der Waals surface area contributed by atoms with E-state index in [2.05, 4.69) is 10.2 Å². The molecule has 5 aliphatic heterocycles. The standard InChI is InChI=1S/C26H29F3N4O6/c1-24-13-18(31-23(35)38-11-7-32-5-9-36-10-6-32)25(39-24)4-8-37-22-20(25)19(24)21(34)33(22)16-3-2-15(14-30)17(12-16)26(27,28)29/h2-3,12,18-20,22H,4-11,13H2,1H3,(H,31,35)/t18-,19+,20-,22-,24+,25-/m0/s1. The SMILES string of the molecule is C[C@@]12C[C@H](NC(=O)OCCN3CCOCC3)[C@]3(CCO[C@H]4[C@@H]3[C@@H]1C(=O)N4c1ccc(C#N)c(C(F)(F)F)c1)O2. The number of carbonyl (C=O) groups is 2. The van der Waals surface area contributed by atoms with Gasteiger partial charge in [0.1, 0.15) is 12.8 Å². The Morgan fingerprint density at radius 2 is 2.05 bits per heavy atom. The Morgan fingerprint density at radius 3 is 2.77 bits per heavy atom. The molecule has 5 fully saturated rings. The van der Waals surface area contributed by atoms with E-state index in [-0.39, 0.29) is 24.8 Å². The number of alkyl halides is 3. The number of morpholine rings is 1. The molecule has 5 heterocycles. The van der Waals surface area contributed by atoms with Crippen LogP contribution in [0.5, 0.6) is 0 Å². The van der Waals surface area contributed by atoms with Crippen LogP contribution in [0.25, 0.3) is 0 Å². The number of hydrogen-bond acceptors (Lipinski definition) is 8. The van der Waals surface area contributed by atoms with E-state index in [1.165, 1.54) is 11.0 Å². The Bertz CT molecular complexity index is 1220. The minimum Gasteiger partial charge on any atom is -0.448 e. The Balaban J connectivity index is 1.22. The number of fused-ring (bicyclic) bond motifs is 2. The molecule has 39 heavy (non-hydrogen) atoms. The summed E-state index contributed by atoms with van der Waals surface area (Å²) in [5.74, 6) is -1.54. The number of alkyl carbamates (subject to hydrolysis) is 1. The van der Waals surface area contributed by atoms with Crippen molar-refractivity contribution in [1.29, 1.82) is 5.26 Å². The third-order valence-corrected chi connectivity index (χ3v) is 8.79. The first-order valence-electron chi connectivity index (χ1n) is 13.1. The molecule has 10 nitrogen and oxygen atoms in total. The van der Waals surface area contributed by atoms with Gasteiger partial charge in [-0.2, -0.15) is 18.4 Å². The molecule has 13 heteroatoms. The van der Waals surface area contributed by atoms with Crippen LogP contribution < -0.4 is 10.2 Å². The third-order valence-electron chi connectivity index (χ3n) is 8.79. The van der Waals surface area contributed by atoms with Gasteiger partial charge in [0.2, 0.25) is 5.91 Å². The Kier molecular flexibility index (Phi) is 6.29. The van der Waals surface area contributed by atoms with Gasteiger partial charge in [-0.3, -0.25) is 14.6 Å². The second kappa shape index (κ2) is 9.33. The number of ether oxygens (including phenoxy) is 4. The van der Waals surface area contributed by atoms with Gasteiger partial charge in [0.05, 0.1) is 66.1 Å². The number of amides is 2. The molecular formula is C26H29F3N4O6. The van der Waals surface area contributed by atoms with Gasteiger partial charge in [-0.05, 0) is 25.1 Å². The van der Waals surface area contributed by atoms with Gasteiger partial charge in [-0.25, -0.2) is 4.79 Å². The summed E-state index contributed by atoms with van der Waals surface area (Å²) in [6, 6.07) is 4.35. The molecule has 0 aliphatic carbocycles. The Labute approximate surface area is 222 Å². The van der Waals surface area contributed by atoms with Crippen molar-refractivity contribution >= 4 is 17.7 Å². The van der Waals surface area contributed by atoms with Crippen LogP contribution in [0.15, 0.2) is 18.2 Å². The fourth-order valence-corrected chi connectivity index (χ4v) is 7.18. The quantitative estimate of drug-likeness (QED) is 0.594. The molecule has 5 saturated heterocycles. The topological polar surface area (TPSA) is 113 Å². The lowest BCUT2D eigenvalue weighted by atomic mass is 9.64. The van der Waals surface area contributed by atoms with Crippen LogP contribution in [0.4, 0.5) is 23.7 Å². The van der Waals surface area contributed by atoms with Gasteiger partial charge in [-0.1, -0.05) is 0 Å². The predicted octanol–water partition coefficient (Wildman–Crippen LogP) is 2.26. The summed E-state index contributed by atoms with van der Waals surface area (Å²) in [4.78, 5) is 29.9. The summed E-state index contributed by atoms with van der Waals surface area (Å²) in [5.41, 5.74) is -3.48. The largest absolute Gasteiger partial charge is 0.448 e. The molecule has 1 aromatic rings. The Hall–Kier alpha value is -2.92. The van der Waals surface area contributed by atoms with E-state index < -0.39 is 58.7 Å². The predicted molar refractivity (Wildman–Crippen MR) is 127 cm³/mol. The molecule has 5 aliphatic rings. The van der Waals surface area contributed by atoms with Crippen LogP contribution in [0.2, 0.25) is 0 Å². The van der Waals surface area contributed by atoms with E-state index in [1.54, 1.807) is 6.07 Å². The summed E-state index contributed by atoms with van der Waals surface area (Å²) in [5, 5.41) is 12.1. The number of halogens is 3. The van der Waals surface area contributed by atoms with Gasteiger partial charge in [0.25, 0.3) is 0 Å². The van der Waals surface area contributed by atoms with Crippen LogP contribution in [0, 0.1) is 23.2 Å². The lowest BCUT2D eigenvalue weighted by Crippen LogP contribution is -2.61. The lowest BCUT2D eigenvalue weighted by Gasteiger charge is -2.45. The molecule has 2 bridgehead atoms. The van der Waals surface area contributed by atoms with Crippen molar-refractivity contribution in [3.8, 4) is 6.07 Å². The number of nitrogens with one attached hydrogen (secondary N) is 1. The highest BCUT2D eigenvalue weighted by molar-refractivity contribution is 6.00. The fraction of sp³-hybridized carbons (Fsp3) is 0.654. The first-order valence-corrected chi connectivity index (χ1v) is 13.1. The van der Waals surface area contributed by atoms with E-state index in [1.807, 2.05) is 6.92 Å². The molecule has 0 saturated carbocycles. The molecule has 0 unspecified atom stereocenters. The van der Waals surface area contributed by atoms with Gasteiger partial charge < -0.3 is 24.3 Å². The maximum Gasteiger partial charge on any atom is 0.417 e. The highest BCUT2D eigenvalue weighted by atomic mass is 19.4. The number of anilines is 1. The number of nitrogens with zero attached hydrogens (tertiary/aromatic N) is 3. The van der Waals surface area contributed by atoms with Crippen molar-refractivity contribution in [3.63, 3.8) is 0 Å². The number of rotatable bonds is 5. The van der Waals surface area contributed by atoms with E-state index in [4.69, 9.17) is 18.9 Å². The zero-order chi connectivity index (χ0) is 27.6. The molecule has 0 aromatic heterocycles. The summed E-state index contributed by atoms with van der Waals surface area (Å²) in [6.45, 7) is 5.66. The van der Waals surface area contributed by atoms with Crippen LogP contribution >= 0.6 is 0 Å². The highest BCUT2D eigenvalue weighted by Crippen LogP contribution is 2.65. The molecule has 2 amide bonds. The van der Waals surface area contributed by atoms with Gasteiger partial charge >= 0.3 is 12.3 Å². The fourth-order valence-electron chi connectivity index (χ4n) is 7.18. The number of hydrogen-bond donors (Lipinski definition) is 1. The molecular weight excluding hydrogens is 521 g/mol. The van der Waals surface area contributed by atoms with E-state index in [0.29, 0.717) is 32.6 Å². The van der Waals surface area contributed by atoms with Crippen LogP contribution in [0.1, 0.15) is 30.9 Å². The van der Waals surface area contributed by atoms with Crippen LogP contribution in [-0.2, 0) is 29.9 Å². The van der Waals surface area contributed by atoms with Crippen molar-refractivity contribution in [1.82, 2.24) is 10.2 Å². The van der Waals surface area contributed by atoms with Crippen molar-refractivity contribution < 1.29 is 41.7 Å². The van der Waals surface area contributed by atoms with Crippen molar-refractivity contribution in [2.75, 3.05) is 51.0 Å². The lowest BCUT2D eigenvalue weighted by molar-refractivity contribution is -0.144. The summed E-state index contributed by atoms with van der Waals surface area (Å²) in [7, 11) is 0. The van der Waals surface area contributed by atoms with Gasteiger partial charge in [0.15, 0.2) is 0 Å². The van der Waals surface area contributed by atoms with Crippen molar-refractivity contribution in [3.05, 3.63) is 29.3 Å². The second-order valence-corrected chi connectivity index (χ2v) is 10.9. The monoisotopic (exact) mass is 550 g/mol. The maximum absolute atomic E-state index is 13.8. The molecule has 0 radical (unpaired) electrons. The molecule has 1 N–H and O–H groups in total. The molecule has 6 atom stereocenters. The van der Waals surface area contributed by atoms with E-state index in [0.717, 1.165) is 25.2 Å². The number of carbonyl (C=O) groups excluding carboxylic acids is 2. The Morgan fingerprint density at radius 1 is 1.28 bits per heavy atom. The average molecular weight is 551 g/mol. The van der Waals surface area contributed by atoms with Gasteiger partial charge in [-0.15, -0.1) is 0 Å². The zero-order valence-corrected chi connectivity index (χ0v) is 21.3. The molecule has 210 valence electrons. The summed E-state index contributed by atoms with van der Waals surface area (Å²) < 4.78 is 64.3. The second-order valence-electron chi connectivity index (χ2n) is 10.9. The zero-order valence-electron chi connectivity index (χ0n) is 21.3. The smallest absolute Gasteiger partial charge is 0.417 e. The van der Waals surface area contributed by atoms with Gasteiger partial charge in [0, 0.05) is 38.2 Å². The molecule has 1 spiro atoms. The molecule has 1 aromatic carbocycles. The van der Waals surface area contributed by atoms with Crippen LogP contribution in [-0.4, -0.2) is 86.4 Å². The first-order chi connectivity index (χ1) is 18.6. The average Bonchev–Trinajstić information content (AvgIpc) is 3.47.